The van der Waals surface area contributed by atoms with Gasteiger partial charge >= 0.3 is 19.4 Å². The van der Waals surface area contributed by atoms with E-state index in [0.717, 1.165) is 0 Å². The molecule has 0 amide bonds. The highest BCUT2D eigenvalue weighted by molar-refractivity contribution is 8.07. The molecule has 10 atom stereocenters. The predicted molar refractivity (Wildman–Crippen MR) is 184 cm³/mol. The summed E-state index contributed by atoms with van der Waals surface area (Å²) in [5.41, 5.74) is 5.17. The molecule has 4 saturated heterocycles. The molecule has 0 radical (unpaired) electrons. The van der Waals surface area contributed by atoms with E-state index in [1.807, 2.05) is 0 Å². The van der Waals surface area contributed by atoms with E-state index < -0.39 is 87.0 Å². The molecule has 0 saturated carbocycles. The summed E-state index contributed by atoms with van der Waals surface area (Å²) in [7, 11) is 1.70. The molecular weight excluding hydrogens is 787 g/mol. The summed E-state index contributed by atoms with van der Waals surface area (Å²) < 4.78 is 65.9. The number of carbonyl (C=O) groups is 2. The molecule has 286 valence electrons. The molecule has 2 unspecified atom stereocenters. The minimum atomic E-state index is -4.36. The van der Waals surface area contributed by atoms with Crippen LogP contribution in [0.15, 0.2) is 24.0 Å². The van der Waals surface area contributed by atoms with Crippen molar-refractivity contribution in [3.63, 3.8) is 0 Å². The molecule has 3 aromatic heterocycles. The van der Waals surface area contributed by atoms with Crippen LogP contribution in [0, 0.1) is 0 Å². The number of aliphatic imine (C=N–C) groups is 1. The van der Waals surface area contributed by atoms with Crippen molar-refractivity contribution in [2.24, 2.45) is 4.99 Å². The van der Waals surface area contributed by atoms with Gasteiger partial charge in [0.2, 0.25) is 0 Å². The van der Waals surface area contributed by atoms with Crippen molar-refractivity contribution in [3.8, 4) is 0 Å². The van der Waals surface area contributed by atoms with Gasteiger partial charge in [-0.3, -0.25) is 27.8 Å². The molecule has 0 aromatic carbocycles. The zero-order valence-corrected chi connectivity index (χ0v) is 30.9. The van der Waals surface area contributed by atoms with Crippen molar-refractivity contribution in [2.45, 2.75) is 61.5 Å². The molecule has 5 aliphatic rings. The molecule has 5 N–H and O–H groups in total. The van der Waals surface area contributed by atoms with Gasteiger partial charge in [-0.15, -0.1) is 0 Å². The largest absolute Gasteiger partial charge is 0.464 e. The SMILES string of the molecule is CNCCOC(=O)CC1=Nc2c(ncn2[C@@H]2O[C@@H]3COP(O)(=S)O[C@H]4[C@H]5OC[C@]4(COP(O)(=S)O[C@@H]2[C@@H]3F)O[C@H]5n2cnc3c(N)ncnc32)C(=O)C1. The molecule has 8 heterocycles. The van der Waals surface area contributed by atoms with Gasteiger partial charge in [-0.2, -0.15) is 0 Å². The van der Waals surface area contributed by atoms with Crippen LogP contribution in [0.5, 0.6) is 0 Å². The van der Waals surface area contributed by atoms with Crippen LogP contribution < -0.4 is 11.1 Å². The lowest BCUT2D eigenvalue weighted by Gasteiger charge is -2.33. The zero-order valence-electron chi connectivity index (χ0n) is 27.5. The number of alkyl halides is 1. The van der Waals surface area contributed by atoms with E-state index >= 15 is 4.39 Å². The third-order valence-electron chi connectivity index (χ3n) is 9.17. The standard InChI is InChI=1S/C27H32FN9O12P2S2/c1-30-2-3-42-15(39)5-12-4-13(38)17-24(35-12)37(10-33-17)25-19-16(28)14(46-25)6-44-50(40,52)49-21-20-26(36-11-34-18-22(29)31-9-32-23(18)36)47-27(21,7-43-20)8-45-51(41,53)48-19/h9-11,14,16,19-21,25-26,30H,2-8H2,1H3,(H,40,52)(H,41,53)(H2,29,31,32)/t14-,16-,19-,20-,21+,25-,26-,27-,50?,51?/m1/s1. The maximum Gasteiger partial charge on any atom is 0.325 e. The normalized spacial score (nSPS) is 37.0. The Morgan fingerprint density at radius 3 is 2.72 bits per heavy atom. The number of nitrogens with two attached hydrogens (primary N) is 1. The van der Waals surface area contributed by atoms with Gasteiger partial charge in [0.25, 0.3) is 0 Å². The molecule has 4 fully saturated rings. The van der Waals surface area contributed by atoms with Gasteiger partial charge in [0.05, 0.1) is 45.3 Å². The number of anilines is 1. The second-order valence-corrected chi connectivity index (χ2v) is 18.2. The van der Waals surface area contributed by atoms with E-state index in [1.54, 1.807) is 7.05 Å². The molecule has 4 bridgehead atoms. The Morgan fingerprint density at radius 2 is 1.91 bits per heavy atom. The topological polar surface area (TPSA) is 260 Å². The Kier molecular flexibility index (Phi) is 9.84. The predicted octanol–water partition coefficient (Wildman–Crippen LogP) is 0.270. The maximum atomic E-state index is 16.3. The number of rotatable bonds is 7. The summed E-state index contributed by atoms with van der Waals surface area (Å²) >= 11 is 10.7. The summed E-state index contributed by atoms with van der Waals surface area (Å²) in [6.07, 6.45) is -6.33. The Morgan fingerprint density at radius 1 is 1.11 bits per heavy atom. The fourth-order valence-corrected chi connectivity index (χ4v) is 9.59. The molecule has 3 aromatic rings. The van der Waals surface area contributed by atoms with E-state index in [0.29, 0.717) is 17.7 Å². The molecule has 26 heteroatoms. The first-order valence-electron chi connectivity index (χ1n) is 16.1. The van der Waals surface area contributed by atoms with Crippen LogP contribution in [0.3, 0.4) is 0 Å². The van der Waals surface area contributed by atoms with Gasteiger partial charge < -0.3 is 48.8 Å². The summed E-state index contributed by atoms with van der Waals surface area (Å²) in [5.74, 6) is -0.962. The van der Waals surface area contributed by atoms with Crippen molar-refractivity contribution in [1.29, 1.82) is 0 Å². The van der Waals surface area contributed by atoms with Crippen molar-refractivity contribution < 1.29 is 60.8 Å². The molecule has 53 heavy (non-hydrogen) atoms. The van der Waals surface area contributed by atoms with Crippen LogP contribution in [0.2, 0.25) is 0 Å². The van der Waals surface area contributed by atoms with Crippen LogP contribution >= 0.6 is 13.4 Å². The van der Waals surface area contributed by atoms with Crippen molar-refractivity contribution in [3.05, 3.63) is 24.7 Å². The van der Waals surface area contributed by atoms with Crippen molar-refractivity contribution in [2.75, 3.05) is 45.8 Å². The van der Waals surface area contributed by atoms with E-state index in [-0.39, 0.29) is 49.1 Å². The van der Waals surface area contributed by atoms with Crippen LogP contribution in [-0.4, -0.2) is 133 Å². The number of nitrogen functional groups attached to an aromatic ring is 1. The number of fused-ring (bicyclic) bond motifs is 4. The van der Waals surface area contributed by atoms with Gasteiger partial charge in [-0.05, 0) is 30.7 Å². The number of aromatic nitrogens is 6. The number of hydrogen-bond acceptors (Lipinski definition) is 19. The van der Waals surface area contributed by atoms with Gasteiger partial charge in [0.15, 0.2) is 47.4 Å². The van der Waals surface area contributed by atoms with Crippen LogP contribution in [0.4, 0.5) is 16.0 Å². The Hall–Kier alpha value is -2.80. The van der Waals surface area contributed by atoms with E-state index in [1.165, 1.54) is 28.1 Å². The van der Waals surface area contributed by atoms with E-state index in [4.69, 9.17) is 66.4 Å². The van der Waals surface area contributed by atoms with Crippen molar-refractivity contribution in [1.82, 2.24) is 34.4 Å². The highest BCUT2D eigenvalue weighted by Gasteiger charge is 2.65. The number of nitrogens with zero attached hydrogens (tertiary/aromatic N) is 7. The van der Waals surface area contributed by atoms with Crippen LogP contribution in [-0.2, 0) is 65.5 Å². The quantitative estimate of drug-likeness (QED) is 0.142. The first-order valence-corrected chi connectivity index (χ1v) is 21.3. The summed E-state index contributed by atoms with van der Waals surface area (Å²) in [5, 5.41) is 2.85. The molecule has 8 rings (SSSR count). The number of nitrogens with one attached hydrogen (secondary N) is 1. The third kappa shape index (κ3) is 6.88. The highest BCUT2D eigenvalue weighted by atomic mass is 32.5. The fourth-order valence-electron chi connectivity index (χ4n) is 6.71. The number of ketones is 1. The van der Waals surface area contributed by atoms with Gasteiger partial charge in [0, 0.05) is 12.3 Å². The lowest BCUT2D eigenvalue weighted by molar-refractivity contribution is -0.183. The molecule has 5 aliphatic heterocycles. The molecule has 0 aliphatic carbocycles. The number of hydrogen-bond donors (Lipinski definition) is 4. The lowest BCUT2D eigenvalue weighted by atomic mass is 10.0. The van der Waals surface area contributed by atoms with Crippen LogP contribution in [0.25, 0.3) is 11.2 Å². The number of Topliss-reactive ketones (excluding diaryl/α,β-unsaturated/α-hetero) is 1. The Labute approximate surface area is 308 Å². The first kappa shape index (κ1) is 37.1. The summed E-state index contributed by atoms with van der Waals surface area (Å²) in [6, 6.07) is 0. The molecule has 0 spiro atoms. The second-order valence-electron chi connectivity index (χ2n) is 12.6. The fraction of sp³-hybridized carbons (Fsp3) is 0.593. The van der Waals surface area contributed by atoms with Gasteiger partial charge in [-0.25, -0.2) is 29.3 Å². The number of likely N-dealkylation sites (N-methyl/N-ethyl adjacent to an activating group) is 1. The number of imidazole rings is 2. The average molecular weight is 820 g/mol. The number of ether oxygens (including phenoxy) is 4. The maximum absolute atomic E-state index is 16.3. The molecule has 21 nitrogen and oxygen atoms in total. The Balaban J connectivity index is 1.08. The lowest BCUT2D eigenvalue weighted by Crippen LogP contribution is -2.45. The third-order valence-corrected chi connectivity index (χ3v) is 12.3. The van der Waals surface area contributed by atoms with Gasteiger partial charge in [0.1, 0.15) is 48.5 Å². The minimum Gasteiger partial charge on any atom is -0.464 e. The molecular formula is C27H32FN9O12P2S2. The number of carbonyl (C=O) groups excluding carboxylic acids is 2. The summed E-state index contributed by atoms with van der Waals surface area (Å²) in [4.78, 5) is 69.2. The monoisotopic (exact) mass is 819 g/mol. The first-order chi connectivity index (χ1) is 25.3. The van der Waals surface area contributed by atoms with Crippen molar-refractivity contribution >= 4 is 77.3 Å². The minimum absolute atomic E-state index is 0.0455. The zero-order chi connectivity index (χ0) is 37.3. The van der Waals surface area contributed by atoms with Gasteiger partial charge in [-0.1, -0.05) is 0 Å². The number of esters is 1. The van der Waals surface area contributed by atoms with E-state index in [2.05, 4.69) is 30.2 Å². The Bertz CT molecular complexity index is 2090. The highest BCUT2D eigenvalue weighted by Crippen LogP contribution is 2.58. The van der Waals surface area contributed by atoms with Crippen LogP contribution in [0.1, 0.15) is 35.8 Å². The summed E-state index contributed by atoms with van der Waals surface area (Å²) in [6.45, 7) is -9.34. The second kappa shape index (κ2) is 14.0. The average Bonchev–Trinajstić information content (AvgIpc) is 3.92. The smallest absolute Gasteiger partial charge is 0.325 e. The number of halogens is 1. The van der Waals surface area contributed by atoms with E-state index in [9.17, 15) is 19.4 Å².